The number of furan rings is 1. The fraction of sp³-hybridized carbons (Fsp3) is 0.250. The van der Waals surface area contributed by atoms with Crippen LogP contribution >= 0.6 is 0 Å². The van der Waals surface area contributed by atoms with Gasteiger partial charge in [-0.2, -0.15) is 0 Å². The first-order chi connectivity index (χ1) is 7.58. The smallest absolute Gasteiger partial charge is 0.371 e. The number of hydrogen-bond donors (Lipinski definition) is 1. The van der Waals surface area contributed by atoms with Crippen LogP contribution in [0.4, 0.5) is 0 Å². The van der Waals surface area contributed by atoms with Crippen molar-refractivity contribution in [2.75, 3.05) is 14.1 Å². The van der Waals surface area contributed by atoms with Crippen molar-refractivity contribution in [1.29, 1.82) is 0 Å². The van der Waals surface area contributed by atoms with Gasteiger partial charge in [0.05, 0.1) is 0 Å². The van der Waals surface area contributed by atoms with Gasteiger partial charge in [-0.1, -0.05) is 18.2 Å². The van der Waals surface area contributed by atoms with Gasteiger partial charge >= 0.3 is 5.97 Å². The molecule has 0 radical (unpaired) electrons. The van der Waals surface area contributed by atoms with Gasteiger partial charge in [0, 0.05) is 17.5 Å². The molecule has 0 amide bonds. The molecular formula is C12H13NO3. The third kappa shape index (κ3) is 1.92. The predicted octanol–water partition coefficient (Wildman–Crippen LogP) is 2.19. The highest BCUT2D eigenvalue weighted by atomic mass is 16.4. The third-order valence-electron chi connectivity index (χ3n) is 2.32. The van der Waals surface area contributed by atoms with Crippen molar-refractivity contribution in [3.05, 3.63) is 35.6 Å². The van der Waals surface area contributed by atoms with Gasteiger partial charge in [0.25, 0.3) is 0 Å². The molecule has 4 heteroatoms. The maximum atomic E-state index is 10.8. The number of carboxylic acid groups (broad SMARTS) is 1. The summed E-state index contributed by atoms with van der Waals surface area (Å²) in [5.41, 5.74) is 1.66. The number of rotatable bonds is 3. The summed E-state index contributed by atoms with van der Waals surface area (Å²) >= 11 is 0. The molecule has 0 fully saturated rings. The molecule has 0 saturated carbocycles. The van der Waals surface area contributed by atoms with Crippen LogP contribution in [0.25, 0.3) is 11.0 Å². The molecule has 1 N–H and O–H groups in total. The predicted molar refractivity (Wildman–Crippen MR) is 60.6 cm³/mol. The Morgan fingerprint density at radius 1 is 1.44 bits per heavy atom. The Balaban J connectivity index is 2.54. The Hall–Kier alpha value is -1.81. The standard InChI is InChI=1S/C12H13NO3/c1-13(2)7-9-5-3-4-8-6-10(12(14)15)16-11(8)9/h3-6H,7H2,1-2H3,(H,14,15). The molecular weight excluding hydrogens is 206 g/mol. The Bertz CT molecular complexity index is 528. The van der Waals surface area contributed by atoms with Crippen LogP contribution in [0.5, 0.6) is 0 Å². The van der Waals surface area contributed by atoms with Crippen LogP contribution < -0.4 is 0 Å². The maximum absolute atomic E-state index is 10.8. The lowest BCUT2D eigenvalue weighted by atomic mass is 10.1. The average molecular weight is 219 g/mol. The highest BCUT2D eigenvalue weighted by Crippen LogP contribution is 2.23. The van der Waals surface area contributed by atoms with E-state index >= 15 is 0 Å². The average Bonchev–Trinajstić information content (AvgIpc) is 2.61. The van der Waals surface area contributed by atoms with Crippen molar-refractivity contribution in [1.82, 2.24) is 4.90 Å². The number of benzene rings is 1. The monoisotopic (exact) mass is 219 g/mol. The lowest BCUT2D eigenvalue weighted by Gasteiger charge is -2.09. The molecule has 1 aromatic heterocycles. The number of hydrogen-bond acceptors (Lipinski definition) is 3. The first kappa shape index (κ1) is 10.7. The van der Waals surface area contributed by atoms with E-state index in [1.165, 1.54) is 0 Å². The van der Waals surface area contributed by atoms with E-state index in [1.54, 1.807) is 6.07 Å². The van der Waals surface area contributed by atoms with Crippen molar-refractivity contribution in [3.63, 3.8) is 0 Å². The fourth-order valence-electron chi connectivity index (χ4n) is 1.69. The van der Waals surface area contributed by atoms with Crippen LogP contribution in [0.1, 0.15) is 16.1 Å². The van der Waals surface area contributed by atoms with E-state index in [9.17, 15) is 4.79 Å². The molecule has 1 heterocycles. The van der Waals surface area contributed by atoms with Crippen LogP contribution in [-0.4, -0.2) is 30.1 Å². The molecule has 0 aliphatic carbocycles. The second-order valence-corrected chi connectivity index (χ2v) is 3.99. The fourth-order valence-corrected chi connectivity index (χ4v) is 1.69. The van der Waals surface area contributed by atoms with E-state index in [1.807, 2.05) is 37.2 Å². The molecule has 0 bridgehead atoms. The SMILES string of the molecule is CN(C)Cc1cccc2cc(C(=O)O)oc12. The molecule has 2 rings (SSSR count). The zero-order valence-electron chi connectivity index (χ0n) is 9.23. The zero-order chi connectivity index (χ0) is 11.7. The van der Waals surface area contributed by atoms with Crippen LogP contribution in [-0.2, 0) is 6.54 Å². The van der Waals surface area contributed by atoms with Crippen molar-refractivity contribution < 1.29 is 14.3 Å². The summed E-state index contributed by atoms with van der Waals surface area (Å²) < 4.78 is 5.34. The minimum Gasteiger partial charge on any atom is -0.475 e. The summed E-state index contributed by atoms with van der Waals surface area (Å²) in [7, 11) is 3.92. The van der Waals surface area contributed by atoms with Crippen molar-refractivity contribution in [3.8, 4) is 0 Å². The molecule has 16 heavy (non-hydrogen) atoms. The minimum absolute atomic E-state index is 0.0128. The molecule has 2 aromatic rings. The van der Waals surface area contributed by atoms with E-state index in [-0.39, 0.29) is 5.76 Å². The molecule has 0 aliphatic rings. The molecule has 0 unspecified atom stereocenters. The Morgan fingerprint density at radius 2 is 2.19 bits per heavy atom. The number of aromatic carboxylic acids is 1. The quantitative estimate of drug-likeness (QED) is 0.859. The second kappa shape index (κ2) is 3.98. The van der Waals surface area contributed by atoms with Crippen molar-refractivity contribution in [2.45, 2.75) is 6.54 Å². The summed E-state index contributed by atoms with van der Waals surface area (Å²) in [6, 6.07) is 7.25. The van der Waals surface area contributed by atoms with Crippen LogP contribution in [0.2, 0.25) is 0 Å². The largest absolute Gasteiger partial charge is 0.475 e. The number of carboxylic acids is 1. The first-order valence-corrected chi connectivity index (χ1v) is 4.97. The van der Waals surface area contributed by atoms with E-state index in [0.29, 0.717) is 5.58 Å². The number of nitrogens with zero attached hydrogens (tertiary/aromatic N) is 1. The summed E-state index contributed by atoms with van der Waals surface area (Å²) in [6.45, 7) is 0.726. The minimum atomic E-state index is -1.04. The lowest BCUT2D eigenvalue weighted by Crippen LogP contribution is -2.10. The van der Waals surface area contributed by atoms with Gasteiger partial charge in [-0.05, 0) is 20.2 Å². The summed E-state index contributed by atoms with van der Waals surface area (Å²) in [5.74, 6) is -1.05. The third-order valence-corrected chi connectivity index (χ3v) is 2.32. The van der Waals surface area contributed by atoms with Gasteiger partial charge in [0.15, 0.2) is 0 Å². The topological polar surface area (TPSA) is 53.7 Å². The van der Waals surface area contributed by atoms with E-state index < -0.39 is 5.97 Å². The normalized spacial score (nSPS) is 11.2. The molecule has 84 valence electrons. The van der Waals surface area contributed by atoms with Gasteiger partial charge in [-0.25, -0.2) is 4.79 Å². The summed E-state index contributed by atoms with van der Waals surface area (Å²) in [4.78, 5) is 12.8. The molecule has 0 saturated heterocycles. The van der Waals surface area contributed by atoms with E-state index in [0.717, 1.165) is 17.5 Å². The van der Waals surface area contributed by atoms with Gasteiger partial charge < -0.3 is 14.4 Å². The molecule has 1 aromatic carbocycles. The van der Waals surface area contributed by atoms with Crippen LogP contribution in [0, 0.1) is 0 Å². The van der Waals surface area contributed by atoms with Gasteiger partial charge in [0.1, 0.15) is 5.58 Å². The van der Waals surface area contributed by atoms with E-state index in [4.69, 9.17) is 9.52 Å². The van der Waals surface area contributed by atoms with Crippen molar-refractivity contribution >= 4 is 16.9 Å². The Kier molecular flexibility index (Phi) is 2.66. The Labute approximate surface area is 93.1 Å². The van der Waals surface area contributed by atoms with Gasteiger partial charge in [-0.3, -0.25) is 0 Å². The van der Waals surface area contributed by atoms with Gasteiger partial charge in [0.2, 0.25) is 5.76 Å². The highest BCUT2D eigenvalue weighted by Gasteiger charge is 2.12. The number of carbonyl (C=O) groups is 1. The lowest BCUT2D eigenvalue weighted by molar-refractivity contribution is 0.0665. The van der Waals surface area contributed by atoms with E-state index in [2.05, 4.69) is 0 Å². The van der Waals surface area contributed by atoms with Crippen molar-refractivity contribution in [2.24, 2.45) is 0 Å². The molecule has 0 aliphatic heterocycles. The molecule has 0 spiro atoms. The van der Waals surface area contributed by atoms with Gasteiger partial charge in [-0.15, -0.1) is 0 Å². The van der Waals surface area contributed by atoms with Crippen LogP contribution in [0.15, 0.2) is 28.7 Å². The maximum Gasteiger partial charge on any atom is 0.371 e. The first-order valence-electron chi connectivity index (χ1n) is 4.97. The number of fused-ring (bicyclic) bond motifs is 1. The zero-order valence-corrected chi connectivity index (χ0v) is 9.23. The summed E-state index contributed by atoms with van der Waals surface area (Å²) in [5, 5.41) is 9.68. The molecule has 4 nitrogen and oxygen atoms in total. The summed E-state index contributed by atoms with van der Waals surface area (Å²) in [6.07, 6.45) is 0. The Morgan fingerprint density at radius 3 is 2.81 bits per heavy atom. The molecule has 0 atom stereocenters. The highest BCUT2D eigenvalue weighted by molar-refractivity contribution is 5.92. The number of para-hydroxylation sites is 1. The van der Waals surface area contributed by atoms with Crippen LogP contribution in [0.3, 0.4) is 0 Å². The second-order valence-electron chi connectivity index (χ2n) is 3.99.